The van der Waals surface area contributed by atoms with Crippen molar-refractivity contribution in [3.8, 4) is 0 Å². The van der Waals surface area contributed by atoms with Crippen LogP contribution in [-0.4, -0.2) is 54.7 Å². The van der Waals surface area contributed by atoms with Crippen LogP contribution in [0.25, 0.3) is 0 Å². The Morgan fingerprint density at radius 3 is 2.48 bits per heavy atom. The van der Waals surface area contributed by atoms with Crippen molar-refractivity contribution in [2.45, 2.75) is 18.3 Å². The summed E-state index contributed by atoms with van der Waals surface area (Å²) in [6, 6.07) is 2.31. The number of hydrogen-bond acceptors (Lipinski definition) is 3. The number of aliphatic hydroxyl groups excluding tert-OH is 1. The van der Waals surface area contributed by atoms with Gasteiger partial charge in [-0.15, -0.1) is 0 Å². The number of piperazine rings is 1. The molecular formula is C14H18F4N2O. The molecule has 1 aliphatic heterocycles. The van der Waals surface area contributed by atoms with Crippen molar-refractivity contribution in [2.75, 3.05) is 33.7 Å². The highest BCUT2D eigenvalue weighted by molar-refractivity contribution is 5.28. The topological polar surface area (TPSA) is 26.7 Å². The quantitative estimate of drug-likeness (QED) is 0.848. The van der Waals surface area contributed by atoms with Gasteiger partial charge in [0.25, 0.3) is 0 Å². The standard InChI is InChI=1S/C14H18F4N2O/c1-19-5-6-20(2)12(8-19)13(21)9-3-4-10(11(15)7-9)14(16,17)18/h3-4,7,12-13,21H,5-6,8H2,1-2H3. The molecule has 2 unspecified atom stereocenters. The SMILES string of the molecule is CN1CCN(C)C(C(O)c2ccc(C(F)(F)F)c(F)c2)C1. The maximum absolute atomic E-state index is 13.6. The molecule has 1 N–H and O–H groups in total. The summed E-state index contributed by atoms with van der Waals surface area (Å²) in [6.45, 7) is 2.16. The molecule has 0 aliphatic carbocycles. The molecule has 1 saturated heterocycles. The molecule has 0 saturated carbocycles. The lowest BCUT2D eigenvalue weighted by Gasteiger charge is -2.40. The molecule has 118 valence electrons. The lowest BCUT2D eigenvalue weighted by atomic mass is 9.98. The molecule has 0 aromatic heterocycles. The first kappa shape index (κ1) is 16.2. The number of aliphatic hydroxyl groups is 1. The summed E-state index contributed by atoms with van der Waals surface area (Å²) in [5.41, 5.74) is -1.15. The number of halogens is 4. The van der Waals surface area contributed by atoms with Crippen molar-refractivity contribution in [1.29, 1.82) is 0 Å². The Kier molecular flexibility index (Phi) is 4.55. The minimum Gasteiger partial charge on any atom is -0.387 e. The summed E-state index contributed by atoms with van der Waals surface area (Å²) in [7, 11) is 3.74. The van der Waals surface area contributed by atoms with Gasteiger partial charge in [0.2, 0.25) is 0 Å². The third kappa shape index (κ3) is 3.53. The van der Waals surface area contributed by atoms with Gasteiger partial charge in [-0.2, -0.15) is 13.2 Å². The van der Waals surface area contributed by atoms with Crippen LogP contribution in [0.2, 0.25) is 0 Å². The van der Waals surface area contributed by atoms with Gasteiger partial charge >= 0.3 is 6.18 Å². The van der Waals surface area contributed by atoms with E-state index < -0.39 is 23.7 Å². The van der Waals surface area contributed by atoms with Gasteiger partial charge in [0.05, 0.1) is 17.7 Å². The first-order valence-corrected chi connectivity index (χ1v) is 6.63. The van der Waals surface area contributed by atoms with Crippen molar-refractivity contribution in [3.63, 3.8) is 0 Å². The molecule has 0 amide bonds. The molecule has 1 fully saturated rings. The van der Waals surface area contributed by atoms with Crippen LogP contribution in [-0.2, 0) is 6.18 Å². The number of rotatable bonds is 2. The summed E-state index contributed by atoms with van der Waals surface area (Å²) in [5.74, 6) is -1.36. The molecule has 3 nitrogen and oxygen atoms in total. The van der Waals surface area contributed by atoms with E-state index in [1.807, 2.05) is 23.9 Å². The van der Waals surface area contributed by atoms with E-state index in [4.69, 9.17) is 0 Å². The minimum absolute atomic E-state index is 0.160. The maximum atomic E-state index is 13.6. The summed E-state index contributed by atoms with van der Waals surface area (Å²) in [4.78, 5) is 3.95. The van der Waals surface area contributed by atoms with E-state index in [1.165, 1.54) is 0 Å². The zero-order valence-corrected chi connectivity index (χ0v) is 11.9. The second kappa shape index (κ2) is 5.90. The van der Waals surface area contributed by atoms with Gasteiger partial charge in [-0.3, -0.25) is 4.90 Å². The predicted octanol–water partition coefficient (Wildman–Crippen LogP) is 2.12. The molecule has 7 heteroatoms. The van der Waals surface area contributed by atoms with Crippen LogP contribution in [0.3, 0.4) is 0 Å². The van der Waals surface area contributed by atoms with Gasteiger partial charge in [-0.05, 0) is 31.8 Å². The van der Waals surface area contributed by atoms with Crippen LogP contribution in [0.1, 0.15) is 17.2 Å². The van der Waals surface area contributed by atoms with Crippen LogP contribution in [0, 0.1) is 5.82 Å². The fraction of sp³-hybridized carbons (Fsp3) is 0.571. The van der Waals surface area contributed by atoms with Gasteiger partial charge < -0.3 is 10.0 Å². The van der Waals surface area contributed by atoms with Gasteiger partial charge in [0.15, 0.2) is 0 Å². The van der Waals surface area contributed by atoms with Crippen LogP contribution in [0.15, 0.2) is 18.2 Å². The predicted molar refractivity (Wildman–Crippen MR) is 70.3 cm³/mol. The molecule has 21 heavy (non-hydrogen) atoms. The maximum Gasteiger partial charge on any atom is 0.419 e. The molecule has 2 rings (SSSR count). The molecule has 1 aliphatic rings. The molecule has 1 aromatic carbocycles. The van der Waals surface area contributed by atoms with Crippen LogP contribution < -0.4 is 0 Å². The van der Waals surface area contributed by atoms with Gasteiger partial charge in [-0.1, -0.05) is 6.07 Å². The Hall–Kier alpha value is -1.18. The smallest absolute Gasteiger partial charge is 0.387 e. The lowest BCUT2D eigenvalue weighted by molar-refractivity contribution is -0.140. The number of likely N-dealkylation sites (N-methyl/N-ethyl adjacent to an activating group) is 2. The van der Waals surface area contributed by atoms with E-state index in [1.54, 1.807) is 0 Å². The Balaban J connectivity index is 2.23. The van der Waals surface area contributed by atoms with E-state index in [-0.39, 0.29) is 11.6 Å². The van der Waals surface area contributed by atoms with Crippen molar-refractivity contribution < 1.29 is 22.7 Å². The summed E-state index contributed by atoms with van der Waals surface area (Å²) in [5, 5.41) is 10.3. The Bertz CT molecular complexity index is 506. The van der Waals surface area contributed by atoms with Crippen molar-refractivity contribution in [3.05, 3.63) is 35.1 Å². The van der Waals surface area contributed by atoms with E-state index in [0.29, 0.717) is 12.6 Å². The summed E-state index contributed by atoms with van der Waals surface area (Å²) < 4.78 is 51.2. The number of alkyl halides is 3. The normalized spacial score (nSPS) is 23.3. The Morgan fingerprint density at radius 2 is 1.90 bits per heavy atom. The highest BCUT2D eigenvalue weighted by Crippen LogP contribution is 2.33. The van der Waals surface area contributed by atoms with Crippen LogP contribution in [0.5, 0.6) is 0 Å². The van der Waals surface area contributed by atoms with Gasteiger partial charge in [0, 0.05) is 19.6 Å². The molecule has 0 radical (unpaired) electrons. The monoisotopic (exact) mass is 306 g/mol. The van der Waals surface area contributed by atoms with E-state index in [9.17, 15) is 22.7 Å². The largest absolute Gasteiger partial charge is 0.419 e. The third-order valence-corrected chi connectivity index (χ3v) is 3.90. The summed E-state index contributed by atoms with van der Waals surface area (Å²) >= 11 is 0. The molecule has 1 aromatic rings. The van der Waals surface area contributed by atoms with E-state index in [2.05, 4.69) is 0 Å². The van der Waals surface area contributed by atoms with Crippen LogP contribution in [0.4, 0.5) is 17.6 Å². The van der Waals surface area contributed by atoms with Crippen LogP contribution >= 0.6 is 0 Å². The minimum atomic E-state index is -4.73. The molecule has 0 bridgehead atoms. The molecular weight excluding hydrogens is 288 g/mol. The lowest BCUT2D eigenvalue weighted by Crippen LogP contribution is -2.52. The number of hydrogen-bond donors (Lipinski definition) is 1. The zero-order chi connectivity index (χ0) is 15.8. The summed E-state index contributed by atoms with van der Waals surface area (Å²) in [6.07, 6.45) is -5.76. The first-order valence-electron chi connectivity index (χ1n) is 6.63. The van der Waals surface area contributed by atoms with Crippen molar-refractivity contribution in [2.24, 2.45) is 0 Å². The Labute approximate surface area is 120 Å². The number of benzene rings is 1. The second-order valence-electron chi connectivity index (χ2n) is 5.49. The van der Waals surface area contributed by atoms with Gasteiger partial charge in [0.1, 0.15) is 5.82 Å². The molecule has 0 spiro atoms. The zero-order valence-electron chi connectivity index (χ0n) is 11.9. The van der Waals surface area contributed by atoms with E-state index in [0.717, 1.165) is 25.2 Å². The highest BCUT2D eigenvalue weighted by Gasteiger charge is 2.35. The number of nitrogens with zero attached hydrogens (tertiary/aromatic N) is 2. The second-order valence-corrected chi connectivity index (χ2v) is 5.49. The van der Waals surface area contributed by atoms with Crippen molar-refractivity contribution in [1.82, 2.24) is 9.80 Å². The van der Waals surface area contributed by atoms with Gasteiger partial charge in [-0.25, -0.2) is 4.39 Å². The Morgan fingerprint density at radius 1 is 1.24 bits per heavy atom. The van der Waals surface area contributed by atoms with E-state index >= 15 is 0 Å². The fourth-order valence-electron chi connectivity index (χ4n) is 2.55. The average molecular weight is 306 g/mol. The third-order valence-electron chi connectivity index (χ3n) is 3.90. The molecule has 2 atom stereocenters. The highest BCUT2D eigenvalue weighted by atomic mass is 19.4. The average Bonchev–Trinajstić information content (AvgIpc) is 2.39. The fourth-order valence-corrected chi connectivity index (χ4v) is 2.55. The first-order chi connectivity index (χ1) is 9.70. The molecule has 1 heterocycles. The van der Waals surface area contributed by atoms with Crippen molar-refractivity contribution >= 4 is 0 Å².